The Balaban J connectivity index is 2.53. The van der Waals surface area contributed by atoms with Gasteiger partial charge in [0.1, 0.15) is 23.3 Å². The fourth-order valence-electron chi connectivity index (χ4n) is 2.14. The van der Waals surface area contributed by atoms with Crippen molar-refractivity contribution in [2.24, 2.45) is 0 Å². The third kappa shape index (κ3) is 3.12. The monoisotopic (exact) mass is 288 g/mol. The van der Waals surface area contributed by atoms with E-state index in [1.807, 2.05) is 32.6 Å². The van der Waals surface area contributed by atoms with Gasteiger partial charge in [-0.1, -0.05) is 13.8 Å². The van der Waals surface area contributed by atoms with Crippen molar-refractivity contribution in [3.63, 3.8) is 0 Å². The van der Waals surface area contributed by atoms with Crippen LogP contribution in [0.15, 0.2) is 24.3 Å². The summed E-state index contributed by atoms with van der Waals surface area (Å²) >= 11 is 0. The van der Waals surface area contributed by atoms with Gasteiger partial charge in [0.15, 0.2) is 0 Å². The number of halogens is 1. The molecule has 0 bridgehead atoms. The lowest BCUT2D eigenvalue weighted by Crippen LogP contribution is -2.21. The summed E-state index contributed by atoms with van der Waals surface area (Å²) in [4.78, 5) is 11.0. The number of hydrogen-bond acceptors (Lipinski definition) is 4. The van der Waals surface area contributed by atoms with Crippen molar-refractivity contribution in [1.82, 2.24) is 9.97 Å². The quantitative estimate of drug-likeness (QED) is 0.930. The SMILES string of the molecule is CCN(c1ccc(F)cc1)c1nc(C(C)C)nc(N)c1C. The Hall–Kier alpha value is -2.17. The lowest BCUT2D eigenvalue weighted by Gasteiger charge is -2.25. The van der Waals surface area contributed by atoms with Gasteiger partial charge in [-0.2, -0.15) is 0 Å². The van der Waals surface area contributed by atoms with Gasteiger partial charge in [0, 0.05) is 23.7 Å². The number of nitrogens with zero attached hydrogens (tertiary/aromatic N) is 3. The van der Waals surface area contributed by atoms with Gasteiger partial charge in [-0.05, 0) is 38.1 Å². The highest BCUT2D eigenvalue weighted by Gasteiger charge is 2.17. The van der Waals surface area contributed by atoms with E-state index in [0.29, 0.717) is 18.2 Å². The van der Waals surface area contributed by atoms with E-state index in [1.165, 1.54) is 12.1 Å². The number of nitrogen functional groups attached to an aromatic ring is 1. The Morgan fingerprint density at radius 1 is 1.19 bits per heavy atom. The molecule has 1 aromatic heterocycles. The predicted octanol–water partition coefficient (Wildman–Crippen LogP) is 3.79. The second-order valence-corrected chi connectivity index (χ2v) is 5.29. The predicted molar refractivity (Wildman–Crippen MR) is 84.4 cm³/mol. The summed E-state index contributed by atoms with van der Waals surface area (Å²) < 4.78 is 13.1. The molecule has 2 rings (SSSR count). The lowest BCUT2D eigenvalue weighted by atomic mass is 10.2. The number of aromatic nitrogens is 2. The van der Waals surface area contributed by atoms with Crippen molar-refractivity contribution in [3.8, 4) is 0 Å². The minimum absolute atomic E-state index is 0.193. The zero-order valence-electron chi connectivity index (χ0n) is 12.9. The molecule has 0 saturated heterocycles. The van der Waals surface area contributed by atoms with Crippen LogP contribution in [0.5, 0.6) is 0 Å². The molecule has 1 heterocycles. The van der Waals surface area contributed by atoms with Crippen molar-refractivity contribution in [3.05, 3.63) is 41.5 Å². The van der Waals surface area contributed by atoms with Gasteiger partial charge in [0.25, 0.3) is 0 Å². The molecule has 2 N–H and O–H groups in total. The molecular weight excluding hydrogens is 267 g/mol. The summed E-state index contributed by atoms with van der Waals surface area (Å²) in [5.41, 5.74) is 7.74. The van der Waals surface area contributed by atoms with Gasteiger partial charge in [0.05, 0.1) is 0 Å². The molecule has 112 valence electrons. The van der Waals surface area contributed by atoms with E-state index in [9.17, 15) is 4.39 Å². The summed E-state index contributed by atoms with van der Waals surface area (Å²) in [5.74, 6) is 1.92. The van der Waals surface area contributed by atoms with Crippen LogP contribution in [0.1, 0.15) is 38.1 Å². The van der Waals surface area contributed by atoms with Crippen LogP contribution in [0.4, 0.5) is 21.7 Å². The minimum Gasteiger partial charge on any atom is -0.383 e. The number of hydrogen-bond donors (Lipinski definition) is 1. The molecule has 0 saturated carbocycles. The topological polar surface area (TPSA) is 55.0 Å². The van der Waals surface area contributed by atoms with Crippen LogP contribution in [0.25, 0.3) is 0 Å². The van der Waals surface area contributed by atoms with Crippen LogP contribution >= 0.6 is 0 Å². The number of anilines is 3. The average molecular weight is 288 g/mol. The second kappa shape index (κ2) is 6.08. The van der Waals surface area contributed by atoms with Crippen molar-refractivity contribution in [1.29, 1.82) is 0 Å². The first-order valence-corrected chi connectivity index (χ1v) is 7.11. The van der Waals surface area contributed by atoms with Gasteiger partial charge in [0.2, 0.25) is 0 Å². The average Bonchev–Trinajstić information content (AvgIpc) is 2.45. The normalized spacial score (nSPS) is 11.0. The highest BCUT2D eigenvalue weighted by Crippen LogP contribution is 2.30. The molecule has 0 aliphatic heterocycles. The van der Waals surface area contributed by atoms with E-state index < -0.39 is 0 Å². The number of benzene rings is 1. The van der Waals surface area contributed by atoms with Crippen molar-refractivity contribution >= 4 is 17.3 Å². The first kappa shape index (κ1) is 15.2. The molecule has 0 atom stereocenters. The van der Waals surface area contributed by atoms with Crippen LogP contribution in [0.2, 0.25) is 0 Å². The Labute approximate surface area is 124 Å². The molecule has 0 aliphatic carbocycles. The maximum absolute atomic E-state index is 13.1. The van der Waals surface area contributed by atoms with E-state index in [1.54, 1.807) is 12.1 Å². The first-order chi connectivity index (χ1) is 9.93. The molecule has 21 heavy (non-hydrogen) atoms. The maximum Gasteiger partial charge on any atom is 0.141 e. The number of rotatable bonds is 4. The molecule has 5 heteroatoms. The molecule has 1 aromatic carbocycles. The highest BCUT2D eigenvalue weighted by atomic mass is 19.1. The summed E-state index contributed by atoms with van der Waals surface area (Å²) in [6.45, 7) is 8.70. The Bertz CT molecular complexity index is 623. The fourth-order valence-corrected chi connectivity index (χ4v) is 2.14. The molecule has 0 unspecified atom stereocenters. The van der Waals surface area contributed by atoms with Gasteiger partial charge in [-0.25, -0.2) is 14.4 Å². The summed E-state index contributed by atoms with van der Waals surface area (Å²) in [6.07, 6.45) is 0. The van der Waals surface area contributed by atoms with E-state index in [0.717, 1.165) is 17.1 Å². The Morgan fingerprint density at radius 3 is 2.33 bits per heavy atom. The van der Waals surface area contributed by atoms with Gasteiger partial charge < -0.3 is 10.6 Å². The van der Waals surface area contributed by atoms with Gasteiger partial charge in [-0.3, -0.25) is 0 Å². The first-order valence-electron chi connectivity index (χ1n) is 7.11. The summed E-state index contributed by atoms with van der Waals surface area (Å²) in [6, 6.07) is 6.37. The standard InChI is InChI=1S/C16H21FN4/c1-5-21(13-8-6-12(17)7-9-13)16-11(4)14(18)19-15(20-16)10(2)3/h6-10H,5H2,1-4H3,(H2,18,19,20). The summed E-state index contributed by atoms with van der Waals surface area (Å²) in [7, 11) is 0. The smallest absolute Gasteiger partial charge is 0.141 e. The third-order valence-electron chi connectivity index (χ3n) is 3.40. The van der Waals surface area contributed by atoms with E-state index >= 15 is 0 Å². The molecule has 0 radical (unpaired) electrons. The van der Waals surface area contributed by atoms with Crippen molar-refractivity contribution in [2.75, 3.05) is 17.2 Å². The van der Waals surface area contributed by atoms with Gasteiger partial charge in [-0.15, -0.1) is 0 Å². The van der Waals surface area contributed by atoms with E-state index in [2.05, 4.69) is 9.97 Å². The minimum atomic E-state index is -0.253. The molecule has 2 aromatic rings. The van der Waals surface area contributed by atoms with Gasteiger partial charge >= 0.3 is 0 Å². The Kier molecular flexibility index (Phi) is 4.40. The van der Waals surface area contributed by atoms with E-state index in [-0.39, 0.29) is 11.7 Å². The van der Waals surface area contributed by atoms with Crippen LogP contribution in [0, 0.1) is 12.7 Å². The fraction of sp³-hybridized carbons (Fsp3) is 0.375. The van der Waals surface area contributed by atoms with Crippen LogP contribution in [-0.2, 0) is 0 Å². The maximum atomic E-state index is 13.1. The molecule has 0 aliphatic rings. The molecule has 0 fully saturated rings. The molecule has 4 nitrogen and oxygen atoms in total. The summed E-state index contributed by atoms with van der Waals surface area (Å²) in [5, 5.41) is 0. The zero-order chi connectivity index (χ0) is 15.6. The molecule has 0 spiro atoms. The van der Waals surface area contributed by atoms with Crippen LogP contribution in [-0.4, -0.2) is 16.5 Å². The molecule has 0 amide bonds. The van der Waals surface area contributed by atoms with Crippen molar-refractivity contribution in [2.45, 2.75) is 33.6 Å². The highest BCUT2D eigenvalue weighted by molar-refractivity contribution is 5.66. The number of nitrogens with two attached hydrogens (primary N) is 1. The third-order valence-corrected chi connectivity index (χ3v) is 3.40. The van der Waals surface area contributed by atoms with Crippen LogP contribution < -0.4 is 10.6 Å². The zero-order valence-corrected chi connectivity index (χ0v) is 12.9. The van der Waals surface area contributed by atoms with E-state index in [4.69, 9.17) is 5.73 Å². The Morgan fingerprint density at radius 2 is 1.81 bits per heavy atom. The molecular formula is C16H21FN4. The lowest BCUT2D eigenvalue weighted by molar-refractivity contribution is 0.627. The van der Waals surface area contributed by atoms with Crippen molar-refractivity contribution < 1.29 is 4.39 Å². The van der Waals surface area contributed by atoms with Crippen LogP contribution in [0.3, 0.4) is 0 Å². The largest absolute Gasteiger partial charge is 0.383 e. The second-order valence-electron chi connectivity index (χ2n) is 5.29.